The fourth-order valence-corrected chi connectivity index (χ4v) is 2.39. The minimum absolute atomic E-state index is 0.275. The zero-order valence-corrected chi connectivity index (χ0v) is 10.0. The van der Waals surface area contributed by atoms with Crippen LogP contribution in [0.25, 0.3) is 10.7 Å². The molecular formula is C9H10N4S2. The summed E-state index contributed by atoms with van der Waals surface area (Å²) in [5.74, 6) is 0.941. The highest BCUT2D eigenvalue weighted by atomic mass is 32.2. The van der Waals surface area contributed by atoms with Crippen LogP contribution in [-0.4, -0.2) is 21.2 Å². The van der Waals surface area contributed by atoms with Gasteiger partial charge in [0.1, 0.15) is 0 Å². The van der Waals surface area contributed by atoms with Crippen molar-refractivity contribution in [3.63, 3.8) is 0 Å². The molecule has 4 nitrogen and oxygen atoms in total. The molecule has 2 N–H and O–H groups in total. The number of anilines is 1. The third-order valence-corrected chi connectivity index (χ3v) is 3.44. The predicted molar refractivity (Wildman–Crippen MR) is 64.1 cm³/mol. The fourth-order valence-electron chi connectivity index (χ4n) is 1.17. The highest BCUT2D eigenvalue weighted by Gasteiger charge is 2.09. The molecule has 2 aromatic rings. The summed E-state index contributed by atoms with van der Waals surface area (Å²) in [5.41, 5.74) is 6.78. The zero-order chi connectivity index (χ0) is 10.8. The van der Waals surface area contributed by atoms with Crippen LogP contribution in [0.1, 0.15) is 5.56 Å². The van der Waals surface area contributed by atoms with E-state index in [2.05, 4.69) is 15.0 Å². The Bertz CT molecular complexity index is 481. The Morgan fingerprint density at radius 2 is 2.13 bits per heavy atom. The Kier molecular flexibility index (Phi) is 2.88. The maximum atomic E-state index is 5.62. The van der Waals surface area contributed by atoms with Gasteiger partial charge in [0.15, 0.2) is 11.0 Å². The number of aromatic nitrogens is 3. The molecule has 0 unspecified atom stereocenters. The number of thiophene rings is 1. The Morgan fingerprint density at radius 1 is 1.33 bits per heavy atom. The van der Waals surface area contributed by atoms with Crippen LogP contribution in [0.3, 0.4) is 0 Å². The maximum Gasteiger partial charge on any atom is 0.224 e. The molecule has 0 fully saturated rings. The van der Waals surface area contributed by atoms with Crippen molar-refractivity contribution in [3.05, 3.63) is 17.0 Å². The van der Waals surface area contributed by atoms with Gasteiger partial charge in [-0.25, -0.2) is 4.98 Å². The van der Waals surface area contributed by atoms with Gasteiger partial charge in [0.25, 0.3) is 0 Å². The van der Waals surface area contributed by atoms with Crippen LogP contribution in [0.5, 0.6) is 0 Å². The summed E-state index contributed by atoms with van der Waals surface area (Å²) in [7, 11) is 0. The Labute approximate surface area is 96.0 Å². The molecule has 2 aromatic heterocycles. The summed E-state index contributed by atoms with van der Waals surface area (Å²) in [5, 5.41) is 2.67. The second kappa shape index (κ2) is 4.16. The molecule has 0 saturated carbocycles. The highest BCUT2D eigenvalue weighted by Crippen LogP contribution is 2.27. The number of nitrogens with two attached hydrogens (primary N) is 1. The largest absolute Gasteiger partial charge is 0.368 e. The van der Waals surface area contributed by atoms with E-state index in [0.29, 0.717) is 11.0 Å². The first-order valence-corrected chi connectivity index (χ1v) is 6.41. The van der Waals surface area contributed by atoms with Gasteiger partial charge in [-0.3, -0.25) is 0 Å². The van der Waals surface area contributed by atoms with Gasteiger partial charge in [-0.2, -0.15) is 9.97 Å². The minimum atomic E-state index is 0.275. The van der Waals surface area contributed by atoms with Gasteiger partial charge in [-0.15, -0.1) is 11.3 Å². The van der Waals surface area contributed by atoms with E-state index < -0.39 is 0 Å². The lowest BCUT2D eigenvalue weighted by Gasteiger charge is -2.01. The Morgan fingerprint density at radius 3 is 2.73 bits per heavy atom. The fraction of sp³-hybridized carbons (Fsp3) is 0.222. The van der Waals surface area contributed by atoms with Gasteiger partial charge < -0.3 is 5.73 Å². The van der Waals surface area contributed by atoms with E-state index in [-0.39, 0.29) is 5.95 Å². The summed E-state index contributed by atoms with van der Waals surface area (Å²) >= 11 is 3.08. The Balaban J connectivity index is 2.53. The topological polar surface area (TPSA) is 64.7 Å². The van der Waals surface area contributed by atoms with Crippen molar-refractivity contribution in [2.24, 2.45) is 0 Å². The molecule has 6 heteroatoms. The molecule has 0 amide bonds. The summed E-state index contributed by atoms with van der Waals surface area (Å²) in [4.78, 5) is 13.5. The predicted octanol–water partition coefficient (Wildman–Crippen LogP) is 2.21. The first kappa shape index (κ1) is 10.4. The SMILES string of the molecule is CSc1nc(N)nc(-c2sccc2C)n1. The first-order chi connectivity index (χ1) is 7.20. The van der Waals surface area contributed by atoms with Crippen LogP contribution in [0.15, 0.2) is 16.6 Å². The number of aryl methyl sites for hydroxylation is 1. The van der Waals surface area contributed by atoms with E-state index in [1.807, 2.05) is 24.6 Å². The van der Waals surface area contributed by atoms with Gasteiger partial charge in [-0.05, 0) is 30.2 Å². The van der Waals surface area contributed by atoms with E-state index in [9.17, 15) is 0 Å². The van der Waals surface area contributed by atoms with Crippen LogP contribution >= 0.6 is 23.1 Å². The third kappa shape index (κ3) is 2.10. The quantitative estimate of drug-likeness (QED) is 0.813. The number of rotatable bonds is 2. The molecule has 0 aliphatic rings. The summed E-state index contributed by atoms with van der Waals surface area (Å²) in [6.45, 7) is 2.03. The molecule has 0 bridgehead atoms. The van der Waals surface area contributed by atoms with Crippen molar-refractivity contribution in [2.75, 3.05) is 12.0 Å². The average molecular weight is 238 g/mol. The van der Waals surface area contributed by atoms with Crippen LogP contribution in [0, 0.1) is 6.92 Å². The van der Waals surface area contributed by atoms with Gasteiger partial charge in [0.2, 0.25) is 5.95 Å². The monoisotopic (exact) mass is 238 g/mol. The van der Waals surface area contributed by atoms with Gasteiger partial charge in [0.05, 0.1) is 4.88 Å². The summed E-state index contributed by atoms with van der Waals surface area (Å²) in [6.07, 6.45) is 1.92. The van der Waals surface area contributed by atoms with Crippen molar-refractivity contribution in [3.8, 4) is 10.7 Å². The molecule has 0 aromatic carbocycles. The zero-order valence-electron chi connectivity index (χ0n) is 8.39. The van der Waals surface area contributed by atoms with E-state index in [1.165, 1.54) is 11.8 Å². The summed E-state index contributed by atoms with van der Waals surface area (Å²) in [6, 6.07) is 2.04. The second-order valence-corrected chi connectivity index (χ2v) is 4.63. The Hall–Kier alpha value is -1.14. The molecule has 0 atom stereocenters. The normalized spacial score (nSPS) is 10.5. The summed E-state index contributed by atoms with van der Waals surface area (Å²) < 4.78 is 0. The van der Waals surface area contributed by atoms with Gasteiger partial charge in [0, 0.05) is 0 Å². The van der Waals surface area contributed by atoms with Gasteiger partial charge >= 0.3 is 0 Å². The molecule has 0 radical (unpaired) electrons. The van der Waals surface area contributed by atoms with Crippen LogP contribution < -0.4 is 5.73 Å². The third-order valence-electron chi connectivity index (χ3n) is 1.88. The molecule has 2 heterocycles. The number of nitrogen functional groups attached to an aromatic ring is 1. The number of nitrogens with zero attached hydrogens (tertiary/aromatic N) is 3. The van der Waals surface area contributed by atoms with Crippen molar-refractivity contribution < 1.29 is 0 Å². The highest BCUT2D eigenvalue weighted by molar-refractivity contribution is 7.98. The maximum absolute atomic E-state index is 5.62. The molecule has 0 spiro atoms. The van der Waals surface area contributed by atoms with Crippen LogP contribution in [-0.2, 0) is 0 Å². The van der Waals surface area contributed by atoms with Crippen LogP contribution in [0.4, 0.5) is 5.95 Å². The molecule has 0 aliphatic heterocycles. The van der Waals surface area contributed by atoms with Crippen molar-refractivity contribution >= 4 is 29.0 Å². The molecular weight excluding hydrogens is 228 g/mol. The van der Waals surface area contributed by atoms with E-state index in [4.69, 9.17) is 5.73 Å². The lowest BCUT2D eigenvalue weighted by molar-refractivity contribution is 0.929. The number of hydrogen-bond acceptors (Lipinski definition) is 6. The van der Waals surface area contributed by atoms with Gasteiger partial charge in [-0.1, -0.05) is 11.8 Å². The first-order valence-electron chi connectivity index (χ1n) is 4.30. The van der Waals surface area contributed by atoms with Crippen molar-refractivity contribution in [2.45, 2.75) is 12.1 Å². The minimum Gasteiger partial charge on any atom is -0.368 e. The smallest absolute Gasteiger partial charge is 0.224 e. The van der Waals surface area contributed by atoms with E-state index in [0.717, 1.165) is 10.4 Å². The molecule has 78 valence electrons. The van der Waals surface area contributed by atoms with Crippen molar-refractivity contribution in [1.29, 1.82) is 0 Å². The lowest BCUT2D eigenvalue weighted by Crippen LogP contribution is -2.00. The number of thioether (sulfide) groups is 1. The molecule has 15 heavy (non-hydrogen) atoms. The lowest BCUT2D eigenvalue weighted by atomic mass is 10.3. The number of hydrogen-bond donors (Lipinski definition) is 1. The van der Waals surface area contributed by atoms with Crippen LogP contribution in [0.2, 0.25) is 0 Å². The second-order valence-electron chi connectivity index (χ2n) is 2.94. The molecule has 2 rings (SSSR count). The molecule has 0 saturated heterocycles. The van der Waals surface area contributed by atoms with E-state index >= 15 is 0 Å². The standard InChI is InChI=1S/C9H10N4S2/c1-5-3-4-15-6(5)7-11-8(10)13-9(12-7)14-2/h3-4H,1-2H3,(H2,10,11,12,13). The van der Waals surface area contributed by atoms with E-state index in [1.54, 1.807) is 11.3 Å². The molecule has 0 aliphatic carbocycles. The van der Waals surface area contributed by atoms with Crippen molar-refractivity contribution in [1.82, 2.24) is 15.0 Å². The average Bonchev–Trinajstić information content (AvgIpc) is 2.63.